The number of hydrogen-bond donors (Lipinski definition) is 1. The van der Waals surface area contributed by atoms with Crippen LogP contribution in [0.2, 0.25) is 0 Å². The predicted octanol–water partition coefficient (Wildman–Crippen LogP) is 3.14. The summed E-state index contributed by atoms with van der Waals surface area (Å²) < 4.78 is 10.6. The summed E-state index contributed by atoms with van der Waals surface area (Å²) in [5, 5.41) is 2.91. The molecule has 1 N–H and O–H groups in total. The second-order valence-corrected chi connectivity index (χ2v) is 4.75. The first-order valence-electron chi connectivity index (χ1n) is 6.50. The lowest BCUT2D eigenvalue weighted by Gasteiger charge is -2.07. The first kappa shape index (κ1) is 14.2. The van der Waals surface area contributed by atoms with Crippen LogP contribution in [0.5, 0.6) is 5.75 Å². The van der Waals surface area contributed by atoms with Crippen LogP contribution in [0, 0.1) is 20.8 Å². The van der Waals surface area contributed by atoms with Gasteiger partial charge in [-0.05, 0) is 38.5 Å². The van der Waals surface area contributed by atoms with Crippen molar-refractivity contribution in [1.29, 1.82) is 0 Å². The molecule has 0 spiro atoms. The Labute approximate surface area is 118 Å². The van der Waals surface area contributed by atoms with Gasteiger partial charge in [0.05, 0.1) is 12.7 Å². The zero-order valence-electron chi connectivity index (χ0n) is 12.2. The molecule has 0 aliphatic rings. The monoisotopic (exact) mass is 273 g/mol. The number of amides is 1. The Bertz CT molecular complexity index is 629. The molecule has 0 unspecified atom stereocenters. The van der Waals surface area contributed by atoms with Crippen molar-refractivity contribution in [2.75, 3.05) is 7.11 Å². The Morgan fingerprint density at radius 2 is 2.00 bits per heavy atom. The van der Waals surface area contributed by atoms with E-state index in [1.165, 1.54) is 0 Å². The zero-order valence-corrected chi connectivity index (χ0v) is 12.2. The standard InChI is InChI=1S/C16H19NO3/c1-10-11(2)20-12(3)15(10)16(18)17-9-13-6-5-7-14(8-13)19-4/h5-8H,9H2,1-4H3,(H,17,18). The number of nitrogens with one attached hydrogen (secondary N) is 1. The lowest BCUT2D eigenvalue weighted by Crippen LogP contribution is -2.23. The number of ether oxygens (including phenoxy) is 1. The molecule has 0 saturated heterocycles. The highest BCUT2D eigenvalue weighted by Gasteiger charge is 2.18. The minimum absolute atomic E-state index is 0.111. The van der Waals surface area contributed by atoms with Crippen LogP contribution in [0.4, 0.5) is 0 Å². The maximum Gasteiger partial charge on any atom is 0.255 e. The molecule has 20 heavy (non-hydrogen) atoms. The van der Waals surface area contributed by atoms with E-state index in [1.54, 1.807) is 14.0 Å². The van der Waals surface area contributed by atoms with E-state index < -0.39 is 0 Å². The molecule has 4 nitrogen and oxygen atoms in total. The molecule has 1 heterocycles. The molecule has 0 radical (unpaired) electrons. The average molecular weight is 273 g/mol. The van der Waals surface area contributed by atoms with Crippen LogP contribution in [-0.4, -0.2) is 13.0 Å². The van der Waals surface area contributed by atoms with E-state index in [0.29, 0.717) is 17.9 Å². The fourth-order valence-electron chi connectivity index (χ4n) is 2.18. The first-order chi connectivity index (χ1) is 9.52. The Morgan fingerprint density at radius 1 is 1.25 bits per heavy atom. The van der Waals surface area contributed by atoms with Crippen molar-refractivity contribution >= 4 is 5.91 Å². The predicted molar refractivity (Wildman–Crippen MR) is 77.1 cm³/mol. The van der Waals surface area contributed by atoms with Crippen LogP contribution in [0.15, 0.2) is 28.7 Å². The first-order valence-corrected chi connectivity index (χ1v) is 6.50. The normalized spacial score (nSPS) is 10.4. The van der Waals surface area contributed by atoms with Crippen LogP contribution in [-0.2, 0) is 6.54 Å². The molecule has 2 aromatic rings. The number of aryl methyl sites for hydroxylation is 2. The Balaban J connectivity index is 2.08. The van der Waals surface area contributed by atoms with Crippen LogP contribution in [0.1, 0.15) is 33.0 Å². The molecule has 0 bridgehead atoms. The minimum Gasteiger partial charge on any atom is -0.497 e. The average Bonchev–Trinajstić information content (AvgIpc) is 2.70. The molecule has 0 saturated carbocycles. The summed E-state index contributed by atoms with van der Waals surface area (Å²) in [4.78, 5) is 12.2. The SMILES string of the molecule is COc1cccc(CNC(=O)c2c(C)oc(C)c2C)c1. The summed E-state index contributed by atoms with van der Waals surface area (Å²) in [7, 11) is 1.62. The highest BCUT2D eigenvalue weighted by Crippen LogP contribution is 2.20. The number of furan rings is 1. The number of carbonyl (C=O) groups is 1. The van der Waals surface area contributed by atoms with E-state index in [4.69, 9.17) is 9.15 Å². The van der Waals surface area contributed by atoms with Gasteiger partial charge in [0.25, 0.3) is 5.91 Å². The van der Waals surface area contributed by atoms with Gasteiger partial charge in [-0.15, -0.1) is 0 Å². The molecule has 106 valence electrons. The van der Waals surface area contributed by atoms with Crippen molar-refractivity contribution in [2.45, 2.75) is 27.3 Å². The van der Waals surface area contributed by atoms with E-state index in [9.17, 15) is 4.79 Å². The molecule has 0 fully saturated rings. The topological polar surface area (TPSA) is 51.5 Å². The van der Waals surface area contributed by atoms with Gasteiger partial charge < -0.3 is 14.5 Å². The van der Waals surface area contributed by atoms with Crippen LogP contribution >= 0.6 is 0 Å². The summed E-state index contributed by atoms with van der Waals surface area (Å²) >= 11 is 0. The van der Waals surface area contributed by atoms with Gasteiger partial charge in [0.1, 0.15) is 17.3 Å². The van der Waals surface area contributed by atoms with Crippen molar-refractivity contribution < 1.29 is 13.9 Å². The lowest BCUT2D eigenvalue weighted by atomic mass is 10.1. The van der Waals surface area contributed by atoms with E-state index in [2.05, 4.69) is 5.32 Å². The number of carbonyl (C=O) groups excluding carboxylic acids is 1. The third-order valence-electron chi connectivity index (χ3n) is 3.38. The van der Waals surface area contributed by atoms with Gasteiger partial charge >= 0.3 is 0 Å². The van der Waals surface area contributed by atoms with E-state index in [-0.39, 0.29) is 5.91 Å². The van der Waals surface area contributed by atoms with Gasteiger partial charge in [0, 0.05) is 12.1 Å². The highest BCUT2D eigenvalue weighted by atomic mass is 16.5. The maximum atomic E-state index is 12.2. The second-order valence-electron chi connectivity index (χ2n) is 4.75. The van der Waals surface area contributed by atoms with Gasteiger partial charge in [-0.3, -0.25) is 4.79 Å². The molecular weight excluding hydrogens is 254 g/mol. The Kier molecular flexibility index (Phi) is 4.13. The van der Waals surface area contributed by atoms with E-state index >= 15 is 0 Å². The fraction of sp³-hybridized carbons (Fsp3) is 0.312. The fourth-order valence-corrected chi connectivity index (χ4v) is 2.18. The van der Waals surface area contributed by atoms with Crippen molar-refractivity contribution in [3.8, 4) is 5.75 Å². The van der Waals surface area contributed by atoms with Crippen LogP contribution in [0.25, 0.3) is 0 Å². The summed E-state index contributed by atoms with van der Waals surface area (Å²) in [6.45, 7) is 6.02. The van der Waals surface area contributed by atoms with Gasteiger partial charge in [-0.25, -0.2) is 0 Å². The Hall–Kier alpha value is -2.23. The van der Waals surface area contributed by atoms with Crippen molar-refractivity contribution in [2.24, 2.45) is 0 Å². The van der Waals surface area contributed by atoms with Gasteiger partial charge in [0.2, 0.25) is 0 Å². The van der Waals surface area contributed by atoms with Crippen LogP contribution in [0.3, 0.4) is 0 Å². The molecule has 1 aromatic heterocycles. The molecule has 1 aromatic carbocycles. The zero-order chi connectivity index (χ0) is 14.7. The van der Waals surface area contributed by atoms with Crippen LogP contribution < -0.4 is 10.1 Å². The summed E-state index contributed by atoms with van der Waals surface area (Å²) in [6.07, 6.45) is 0. The van der Waals surface area contributed by atoms with Gasteiger partial charge in [0.15, 0.2) is 0 Å². The third kappa shape index (κ3) is 2.85. The molecule has 0 aliphatic heterocycles. The molecule has 2 rings (SSSR count). The molecule has 0 atom stereocenters. The number of rotatable bonds is 4. The summed E-state index contributed by atoms with van der Waals surface area (Å²) in [5.41, 5.74) is 2.52. The molecule has 4 heteroatoms. The largest absolute Gasteiger partial charge is 0.497 e. The van der Waals surface area contributed by atoms with Crippen molar-refractivity contribution in [3.63, 3.8) is 0 Å². The molecule has 0 aliphatic carbocycles. The highest BCUT2D eigenvalue weighted by molar-refractivity contribution is 5.96. The number of hydrogen-bond acceptors (Lipinski definition) is 3. The quantitative estimate of drug-likeness (QED) is 0.931. The van der Waals surface area contributed by atoms with Crippen molar-refractivity contribution in [1.82, 2.24) is 5.32 Å². The van der Waals surface area contributed by atoms with Crippen molar-refractivity contribution in [3.05, 3.63) is 52.5 Å². The number of methoxy groups -OCH3 is 1. The van der Waals surface area contributed by atoms with E-state index in [1.807, 2.05) is 38.1 Å². The second kappa shape index (κ2) is 5.82. The minimum atomic E-state index is -0.111. The summed E-state index contributed by atoms with van der Waals surface area (Å²) in [6, 6.07) is 7.63. The lowest BCUT2D eigenvalue weighted by molar-refractivity contribution is 0.0949. The molecule has 1 amide bonds. The molecular formula is C16H19NO3. The van der Waals surface area contributed by atoms with Gasteiger partial charge in [-0.2, -0.15) is 0 Å². The maximum absolute atomic E-state index is 12.2. The Morgan fingerprint density at radius 3 is 2.60 bits per heavy atom. The smallest absolute Gasteiger partial charge is 0.255 e. The third-order valence-corrected chi connectivity index (χ3v) is 3.38. The summed E-state index contributed by atoms with van der Waals surface area (Å²) in [5.74, 6) is 2.11. The van der Waals surface area contributed by atoms with Gasteiger partial charge in [-0.1, -0.05) is 12.1 Å². The number of benzene rings is 1. The van der Waals surface area contributed by atoms with E-state index in [0.717, 1.165) is 22.6 Å².